The zero-order valence-electron chi connectivity index (χ0n) is 8.15. The van der Waals surface area contributed by atoms with Crippen LogP contribution in [0.2, 0.25) is 5.15 Å². The topological polar surface area (TPSA) is 42.2 Å². The van der Waals surface area contributed by atoms with Crippen molar-refractivity contribution < 1.29 is 0 Å². The van der Waals surface area contributed by atoms with Crippen LogP contribution in [-0.4, -0.2) is 27.5 Å². The SMILES string of the molecule is Clc1cnc2ncc(C3CCNC3)cn12. The van der Waals surface area contributed by atoms with E-state index >= 15 is 0 Å². The molecule has 4 nitrogen and oxygen atoms in total. The second kappa shape index (κ2) is 3.47. The second-order valence-electron chi connectivity index (χ2n) is 3.83. The van der Waals surface area contributed by atoms with E-state index in [4.69, 9.17) is 11.6 Å². The van der Waals surface area contributed by atoms with Crippen molar-refractivity contribution in [2.24, 2.45) is 0 Å². The van der Waals surface area contributed by atoms with Crippen LogP contribution in [-0.2, 0) is 0 Å². The summed E-state index contributed by atoms with van der Waals surface area (Å²) >= 11 is 6.00. The second-order valence-corrected chi connectivity index (χ2v) is 4.22. The maximum absolute atomic E-state index is 6.00. The van der Waals surface area contributed by atoms with Crippen molar-refractivity contribution in [3.8, 4) is 0 Å². The molecular weight excluding hydrogens is 212 g/mol. The van der Waals surface area contributed by atoms with Gasteiger partial charge in [0.15, 0.2) is 0 Å². The fourth-order valence-corrected chi connectivity index (χ4v) is 2.18. The van der Waals surface area contributed by atoms with Crippen molar-refractivity contribution in [1.82, 2.24) is 19.7 Å². The molecule has 78 valence electrons. The molecule has 3 rings (SSSR count). The highest BCUT2D eigenvalue weighted by Crippen LogP contribution is 2.22. The van der Waals surface area contributed by atoms with Crippen molar-refractivity contribution in [3.05, 3.63) is 29.3 Å². The molecule has 0 aromatic carbocycles. The summed E-state index contributed by atoms with van der Waals surface area (Å²) in [7, 11) is 0. The average molecular weight is 223 g/mol. The van der Waals surface area contributed by atoms with E-state index in [9.17, 15) is 0 Å². The number of halogens is 1. The van der Waals surface area contributed by atoms with E-state index in [2.05, 4.69) is 15.3 Å². The summed E-state index contributed by atoms with van der Waals surface area (Å²) in [4.78, 5) is 8.38. The third-order valence-corrected chi connectivity index (χ3v) is 3.15. The van der Waals surface area contributed by atoms with Crippen LogP contribution in [0.1, 0.15) is 17.9 Å². The Labute approximate surface area is 92.3 Å². The lowest BCUT2D eigenvalue weighted by Crippen LogP contribution is -2.08. The minimum absolute atomic E-state index is 0.556. The summed E-state index contributed by atoms with van der Waals surface area (Å²) in [5.41, 5.74) is 1.23. The molecule has 0 amide bonds. The van der Waals surface area contributed by atoms with Gasteiger partial charge >= 0.3 is 0 Å². The van der Waals surface area contributed by atoms with Crippen molar-refractivity contribution in [3.63, 3.8) is 0 Å². The highest BCUT2D eigenvalue weighted by Gasteiger charge is 2.17. The maximum atomic E-state index is 6.00. The molecule has 1 atom stereocenters. The number of nitrogens with zero attached hydrogens (tertiary/aromatic N) is 3. The Morgan fingerprint density at radius 3 is 3.07 bits per heavy atom. The van der Waals surface area contributed by atoms with Gasteiger partial charge in [0.2, 0.25) is 5.78 Å². The molecule has 0 radical (unpaired) electrons. The Bertz CT molecular complexity index is 487. The molecule has 1 fully saturated rings. The number of imidazole rings is 1. The van der Waals surface area contributed by atoms with Crippen LogP contribution in [0.3, 0.4) is 0 Å². The van der Waals surface area contributed by atoms with Gasteiger partial charge < -0.3 is 5.32 Å². The first-order valence-electron chi connectivity index (χ1n) is 5.04. The predicted molar refractivity (Wildman–Crippen MR) is 58.2 cm³/mol. The van der Waals surface area contributed by atoms with Crippen LogP contribution < -0.4 is 5.32 Å². The van der Waals surface area contributed by atoms with Crippen LogP contribution in [0.4, 0.5) is 0 Å². The van der Waals surface area contributed by atoms with E-state index in [0.717, 1.165) is 13.1 Å². The van der Waals surface area contributed by atoms with Gasteiger partial charge in [-0.3, -0.25) is 4.40 Å². The molecule has 1 aliphatic rings. The fraction of sp³-hybridized carbons (Fsp3) is 0.400. The molecule has 15 heavy (non-hydrogen) atoms. The minimum atomic E-state index is 0.556. The van der Waals surface area contributed by atoms with Crippen LogP contribution in [0, 0.1) is 0 Å². The number of hydrogen-bond donors (Lipinski definition) is 1. The molecule has 0 saturated carbocycles. The summed E-state index contributed by atoms with van der Waals surface area (Å²) < 4.78 is 1.83. The summed E-state index contributed by atoms with van der Waals surface area (Å²) in [5.74, 6) is 1.22. The van der Waals surface area contributed by atoms with Crippen LogP contribution in [0.15, 0.2) is 18.6 Å². The zero-order chi connectivity index (χ0) is 10.3. The summed E-state index contributed by atoms with van der Waals surface area (Å²) in [6.45, 7) is 2.11. The van der Waals surface area contributed by atoms with Gasteiger partial charge in [-0.05, 0) is 18.5 Å². The van der Waals surface area contributed by atoms with Gasteiger partial charge in [0.1, 0.15) is 5.15 Å². The molecule has 3 heterocycles. The molecule has 1 saturated heterocycles. The van der Waals surface area contributed by atoms with E-state index < -0.39 is 0 Å². The summed E-state index contributed by atoms with van der Waals surface area (Å²) in [6, 6.07) is 0. The Balaban J connectivity index is 2.08. The highest BCUT2D eigenvalue weighted by atomic mass is 35.5. The maximum Gasteiger partial charge on any atom is 0.234 e. The van der Waals surface area contributed by atoms with Crippen molar-refractivity contribution in [1.29, 1.82) is 0 Å². The lowest BCUT2D eigenvalue weighted by atomic mass is 10.0. The molecule has 0 bridgehead atoms. The molecule has 2 aromatic rings. The van der Waals surface area contributed by atoms with Gasteiger partial charge in [0.25, 0.3) is 0 Å². The molecule has 1 aliphatic heterocycles. The quantitative estimate of drug-likeness (QED) is 0.795. The number of nitrogens with one attached hydrogen (secondary N) is 1. The minimum Gasteiger partial charge on any atom is -0.316 e. The first-order valence-corrected chi connectivity index (χ1v) is 5.41. The molecule has 2 aromatic heterocycles. The predicted octanol–water partition coefficient (Wildman–Crippen LogP) is 1.46. The lowest BCUT2D eigenvalue weighted by molar-refractivity contribution is 0.751. The Kier molecular flexibility index (Phi) is 2.11. The van der Waals surface area contributed by atoms with Crippen LogP contribution in [0.5, 0.6) is 0 Å². The van der Waals surface area contributed by atoms with Gasteiger partial charge in [-0.2, -0.15) is 0 Å². The number of rotatable bonds is 1. The summed E-state index contributed by atoms with van der Waals surface area (Å²) in [6.07, 6.45) is 6.73. The normalized spacial score (nSPS) is 21.3. The van der Waals surface area contributed by atoms with Crippen molar-refractivity contribution in [2.75, 3.05) is 13.1 Å². The fourth-order valence-electron chi connectivity index (χ4n) is 2.01. The van der Waals surface area contributed by atoms with Gasteiger partial charge in [-0.15, -0.1) is 0 Å². The number of fused-ring (bicyclic) bond motifs is 1. The largest absolute Gasteiger partial charge is 0.316 e. The van der Waals surface area contributed by atoms with E-state index in [1.165, 1.54) is 12.0 Å². The van der Waals surface area contributed by atoms with Crippen molar-refractivity contribution in [2.45, 2.75) is 12.3 Å². The standard InChI is InChI=1S/C10H11ClN4/c11-9-5-14-10-13-4-8(6-15(9)10)7-1-2-12-3-7/h4-7,12H,1-3H2. The van der Waals surface area contributed by atoms with Crippen LogP contribution in [0.25, 0.3) is 5.78 Å². The average Bonchev–Trinajstić information content (AvgIpc) is 2.88. The number of aromatic nitrogens is 3. The van der Waals surface area contributed by atoms with Gasteiger partial charge in [-0.1, -0.05) is 11.6 Å². The third kappa shape index (κ3) is 1.50. The molecule has 0 spiro atoms. The summed E-state index contributed by atoms with van der Waals surface area (Å²) in [5, 5.41) is 3.96. The van der Waals surface area contributed by atoms with Gasteiger partial charge in [0.05, 0.1) is 6.20 Å². The zero-order valence-corrected chi connectivity index (χ0v) is 8.91. The van der Waals surface area contributed by atoms with Crippen molar-refractivity contribution >= 4 is 17.4 Å². The highest BCUT2D eigenvalue weighted by molar-refractivity contribution is 6.29. The Hall–Kier alpha value is -1.13. The molecule has 0 aliphatic carbocycles. The Morgan fingerprint density at radius 2 is 2.27 bits per heavy atom. The third-order valence-electron chi connectivity index (χ3n) is 2.87. The lowest BCUT2D eigenvalue weighted by Gasteiger charge is -2.08. The molecule has 1 unspecified atom stereocenters. The molecular formula is C10H11ClN4. The first-order chi connectivity index (χ1) is 7.34. The smallest absolute Gasteiger partial charge is 0.234 e. The van der Waals surface area contributed by atoms with E-state index in [1.54, 1.807) is 6.20 Å². The Morgan fingerprint density at radius 1 is 1.40 bits per heavy atom. The van der Waals surface area contributed by atoms with Gasteiger partial charge in [0, 0.05) is 24.9 Å². The molecule has 5 heteroatoms. The van der Waals surface area contributed by atoms with E-state index in [0.29, 0.717) is 16.8 Å². The van der Waals surface area contributed by atoms with E-state index in [-0.39, 0.29) is 0 Å². The van der Waals surface area contributed by atoms with Crippen LogP contribution >= 0.6 is 11.6 Å². The number of hydrogen-bond acceptors (Lipinski definition) is 3. The monoisotopic (exact) mass is 222 g/mol. The first kappa shape index (κ1) is 9.12. The molecule has 1 N–H and O–H groups in total. The van der Waals surface area contributed by atoms with E-state index in [1.807, 2.05) is 16.8 Å². The van der Waals surface area contributed by atoms with Gasteiger partial charge in [-0.25, -0.2) is 9.97 Å².